The van der Waals surface area contributed by atoms with Gasteiger partial charge in [-0.25, -0.2) is 8.78 Å². The van der Waals surface area contributed by atoms with E-state index in [4.69, 9.17) is 11.6 Å². The normalized spacial score (nSPS) is 10.6. The second kappa shape index (κ2) is 4.37. The summed E-state index contributed by atoms with van der Waals surface area (Å²) in [6.07, 6.45) is 0. The van der Waals surface area contributed by atoms with Crippen LogP contribution in [0.2, 0.25) is 5.15 Å². The first kappa shape index (κ1) is 11.9. The molecule has 88 valence electrons. The molecule has 0 aliphatic carbocycles. The van der Waals surface area contributed by atoms with Crippen LogP contribution in [0, 0.1) is 25.5 Å². The molecule has 0 saturated carbocycles. The molecule has 0 saturated heterocycles. The van der Waals surface area contributed by atoms with Gasteiger partial charge in [0.2, 0.25) is 0 Å². The molecule has 0 aliphatic rings. The molecule has 0 fully saturated rings. The number of halogens is 3. The Morgan fingerprint density at radius 1 is 0.941 bits per heavy atom. The van der Waals surface area contributed by atoms with E-state index >= 15 is 0 Å². The maximum absolute atomic E-state index is 13.1. The van der Waals surface area contributed by atoms with Gasteiger partial charge in [-0.3, -0.25) is 0 Å². The number of nitrogens with zero attached hydrogens (tertiary/aromatic N) is 2. The van der Waals surface area contributed by atoms with Gasteiger partial charge in [-0.05, 0) is 37.1 Å². The van der Waals surface area contributed by atoms with Gasteiger partial charge >= 0.3 is 0 Å². The van der Waals surface area contributed by atoms with Crippen LogP contribution in [-0.2, 0) is 0 Å². The van der Waals surface area contributed by atoms with Crippen molar-refractivity contribution in [1.82, 2.24) is 10.2 Å². The van der Waals surface area contributed by atoms with Gasteiger partial charge in [-0.15, -0.1) is 10.2 Å². The van der Waals surface area contributed by atoms with Gasteiger partial charge in [0.05, 0.1) is 5.69 Å². The number of benzene rings is 1. The molecule has 1 heterocycles. The van der Waals surface area contributed by atoms with Gasteiger partial charge in [0.1, 0.15) is 11.6 Å². The highest BCUT2D eigenvalue weighted by molar-refractivity contribution is 6.30. The average Bonchev–Trinajstić information content (AvgIpc) is 2.24. The second-order valence-corrected chi connectivity index (χ2v) is 4.11. The first-order chi connectivity index (χ1) is 7.99. The van der Waals surface area contributed by atoms with E-state index in [0.717, 1.165) is 17.2 Å². The monoisotopic (exact) mass is 254 g/mol. The van der Waals surface area contributed by atoms with E-state index in [1.165, 1.54) is 12.1 Å². The van der Waals surface area contributed by atoms with Gasteiger partial charge in [-0.2, -0.15) is 0 Å². The van der Waals surface area contributed by atoms with Crippen LogP contribution in [0.4, 0.5) is 8.78 Å². The largest absolute Gasteiger partial charge is 0.207 e. The summed E-state index contributed by atoms with van der Waals surface area (Å²) in [5.74, 6) is -1.29. The topological polar surface area (TPSA) is 25.8 Å². The number of hydrogen-bond acceptors (Lipinski definition) is 2. The predicted octanol–water partition coefficient (Wildman–Crippen LogP) is 3.69. The SMILES string of the molecule is Cc1c(Cl)nnc(-c2cc(F)cc(F)c2)c1C. The Labute approximate surface area is 102 Å². The van der Waals surface area contributed by atoms with E-state index in [0.29, 0.717) is 16.4 Å². The lowest BCUT2D eigenvalue weighted by molar-refractivity contribution is 0.584. The van der Waals surface area contributed by atoms with Crippen LogP contribution in [0.25, 0.3) is 11.3 Å². The first-order valence-corrected chi connectivity index (χ1v) is 5.32. The third kappa shape index (κ3) is 2.26. The molecular weight excluding hydrogens is 246 g/mol. The second-order valence-electron chi connectivity index (χ2n) is 3.75. The van der Waals surface area contributed by atoms with Crippen molar-refractivity contribution >= 4 is 11.6 Å². The molecule has 2 nitrogen and oxygen atoms in total. The minimum Gasteiger partial charge on any atom is -0.207 e. The van der Waals surface area contributed by atoms with Crippen molar-refractivity contribution in [2.24, 2.45) is 0 Å². The molecule has 17 heavy (non-hydrogen) atoms. The number of aromatic nitrogens is 2. The third-order valence-electron chi connectivity index (χ3n) is 2.60. The predicted molar refractivity (Wildman–Crippen MR) is 61.9 cm³/mol. The lowest BCUT2D eigenvalue weighted by Crippen LogP contribution is -1.97. The maximum atomic E-state index is 13.1. The molecule has 1 aromatic carbocycles. The van der Waals surface area contributed by atoms with Crippen LogP contribution in [0.15, 0.2) is 18.2 Å². The smallest absolute Gasteiger partial charge is 0.154 e. The fourth-order valence-electron chi connectivity index (χ4n) is 1.54. The average molecular weight is 255 g/mol. The lowest BCUT2D eigenvalue weighted by atomic mass is 10.0. The molecule has 0 atom stereocenters. The molecule has 0 amide bonds. The van der Waals surface area contributed by atoms with Gasteiger partial charge in [-0.1, -0.05) is 11.6 Å². The molecule has 2 rings (SSSR count). The van der Waals surface area contributed by atoms with Crippen molar-refractivity contribution in [2.75, 3.05) is 0 Å². The van der Waals surface area contributed by atoms with Crippen molar-refractivity contribution in [3.05, 3.63) is 46.1 Å². The Morgan fingerprint density at radius 2 is 1.53 bits per heavy atom. The van der Waals surface area contributed by atoms with Crippen LogP contribution in [0.3, 0.4) is 0 Å². The van der Waals surface area contributed by atoms with Crippen molar-refractivity contribution < 1.29 is 8.78 Å². The van der Waals surface area contributed by atoms with E-state index in [9.17, 15) is 8.78 Å². The molecule has 1 aromatic heterocycles. The van der Waals surface area contributed by atoms with E-state index in [1.54, 1.807) is 13.8 Å². The zero-order valence-corrected chi connectivity index (χ0v) is 10.0. The zero-order chi connectivity index (χ0) is 12.6. The minimum atomic E-state index is -0.645. The van der Waals surface area contributed by atoms with E-state index < -0.39 is 11.6 Å². The molecule has 0 radical (unpaired) electrons. The summed E-state index contributed by atoms with van der Waals surface area (Å²) < 4.78 is 26.2. The van der Waals surface area contributed by atoms with E-state index in [-0.39, 0.29) is 0 Å². The van der Waals surface area contributed by atoms with Crippen LogP contribution in [-0.4, -0.2) is 10.2 Å². The summed E-state index contributed by atoms with van der Waals surface area (Å²) in [6, 6.07) is 3.25. The lowest BCUT2D eigenvalue weighted by Gasteiger charge is -2.08. The highest BCUT2D eigenvalue weighted by atomic mass is 35.5. The summed E-state index contributed by atoms with van der Waals surface area (Å²) in [6.45, 7) is 3.57. The fraction of sp³-hybridized carbons (Fsp3) is 0.167. The summed E-state index contributed by atoms with van der Waals surface area (Å²) in [4.78, 5) is 0. The first-order valence-electron chi connectivity index (χ1n) is 4.95. The molecule has 0 spiro atoms. The molecule has 0 N–H and O–H groups in total. The quantitative estimate of drug-likeness (QED) is 0.776. The van der Waals surface area contributed by atoms with Gasteiger partial charge in [0, 0.05) is 11.6 Å². The molecule has 0 aliphatic heterocycles. The highest BCUT2D eigenvalue weighted by Crippen LogP contribution is 2.26. The zero-order valence-electron chi connectivity index (χ0n) is 9.26. The summed E-state index contributed by atoms with van der Waals surface area (Å²) in [5.41, 5.74) is 2.30. The Kier molecular flexibility index (Phi) is 3.07. The summed E-state index contributed by atoms with van der Waals surface area (Å²) >= 11 is 5.81. The molecule has 5 heteroatoms. The fourth-order valence-corrected chi connectivity index (χ4v) is 1.72. The van der Waals surface area contributed by atoms with E-state index in [2.05, 4.69) is 10.2 Å². The van der Waals surface area contributed by atoms with Gasteiger partial charge in [0.25, 0.3) is 0 Å². The van der Waals surface area contributed by atoms with Crippen LogP contribution < -0.4 is 0 Å². The maximum Gasteiger partial charge on any atom is 0.154 e. The number of hydrogen-bond donors (Lipinski definition) is 0. The molecule has 0 unspecified atom stereocenters. The summed E-state index contributed by atoms with van der Waals surface area (Å²) in [5, 5.41) is 7.92. The van der Waals surface area contributed by atoms with Crippen molar-refractivity contribution in [3.63, 3.8) is 0 Å². The Morgan fingerprint density at radius 3 is 2.12 bits per heavy atom. The molecule has 2 aromatic rings. The van der Waals surface area contributed by atoms with E-state index in [1.807, 2.05) is 0 Å². The minimum absolute atomic E-state index is 0.295. The molecule has 0 bridgehead atoms. The van der Waals surface area contributed by atoms with Gasteiger partial charge < -0.3 is 0 Å². The van der Waals surface area contributed by atoms with Crippen LogP contribution in [0.5, 0.6) is 0 Å². The third-order valence-corrected chi connectivity index (χ3v) is 2.96. The Bertz CT molecular complexity index is 565. The summed E-state index contributed by atoms with van der Waals surface area (Å²) in [7, 11) is 0. The van der Waals surface area contributed by atoms with Crippen LogP contribution in [0.1, 0.15) is 11.1 Å². The Hall–Kier alpha value is -1.55. The number of rotatable bonds is 1. The van der Waals surface area contributed by atoms with Crippen molar-refractivity contribution in [2.45, 2.75) is 13.8 Å². The highest BCUT2D eigenvalue weighted by Gasteiger charge is 2.11. The van der Waals surface area contributed by atoms with Crippen molar-refractivity contribution in [1.29, 1.82) is 0 Å². The van der Waals surface area contributed by atoms with Crippen molar-refractivity contribution in [3.8, 4) is 11.3 Å². The van der Waals surface area contributed by atoms with Gasteiger partial charge in [0.15, 0.2) is 5.15 Å². The molecular formula is C12H9ClF2N2. The van der Waals surface area contributed by atoms with Crippen LogP contribution >= 0.6 is 11.6 Å². The Balaban J connectivity index is 2.64. The standard InChI is InChI=1S/C12H9ClF2N2/c1-6-7(2)12(13)17-16-11(6)8-3-9(14)5-10(15)4-8/h3-5H,1-2H3.